The molecule has 0 bridgehead atoms. The molecule has 0 rings (SSSR count). The molecule has 0 aromatic carbocycles. The van der Waals surface area contributed by atoms with E-state index in [-0.39, 0.29) is 0 Å². The third-order valence-electron chi connectivity index (χ3n) is 1.96. The molecule has 0 saturated heterocycles. The van der Waals surface area contributed by atoms with Gasteiger partial charge in [-0.05, 0) is 13.3 Å². The molecule has 0 N–H and O–H groups in total. The topological polar surface area (TPSA) is 9.23 Å². The van der Waals surface area contributed by atoms with E-state index in [0.717, 1.165) is 12.4 Å². The van der Waals surface area contributed by atoms with Crippen LogP contribution in [0.4, 0.5) is 0 Å². The lowest BCUT2D eigenvalue weighted by Crippen LogP contribution is -2.09. The molecule has 1 unspecified atom stereocenters. The molecule has 0 saturated carbocycles. The fourth-order valence-corrected chi connectivity index (χ4v) is 1.30. The molecule has 0 fully saturated rings. The van der Waals surface area contributed by atoms with Crippen molar-refractivity contribution in [2.24, 2.45) is 0 Å². The highest BCUT2D eigenvalue weighted by molar-refractivity contribution is 7.80. The zero-order valence-corrected chi connectivity index (χ0v) is 9.28. The number of rotatable bonds is 8. The zero-order chi connectivity index (χ0) is 9.23. The third kappa shape index (κ3) is 8.41. The second-order valence-corrected chi connectivity index (χ2v) is 3.70. The van der Waals surface area contributed by atoms with Crippen LogP contribution in [0, 0.1) is 0 Å². The first-order chi connectivity index (χ1) is 5.81. The van der Waals surface area contributed by atoms with Crippen molar-refractivity contribution in [3.63, 3.8) is 0 Å². The van der Waals surface area contributed by atoms with Gasteiger partial charge in [-0.25, -0.2) is 0 Å². The molecule has 0 amide bonds. The molecule has 74 valence electrons. The van der Waals surface area contributed by atoms with Crippen molar-refractivity contribution in [2.75, 3.05) is 12.4 Å². The van der Waals surface area contributed by atoms with E-state index < -0.39 is 0 Å². The smallest absolute Gasteiger partial charge is 0.0557 e. The summed E-state index contributed by atoms with van der Waals surface area (Å²) in [6, 6.07) is 0. The van der Waals surface area contributed by atoms with Crippen molar-refractivity contribution in [1.82, 2.24) is 0 Å². The van der Waals surface area contributed by atoms with Gasteiger partial charge in [-0.3, -0.25) is 0 Å². The number of unbranched alkanes of at least 4 members (excludes halogenated alkanes) is 3. The summed E-state index contributed by atoms with van der Waals surface area (Å²) in [7, 11) is 0. The maximum Gasteiger partial charge on any atom is 0.0557 e. The molecule has 0 aliphatic heterocycles. The van der Waals surface area contributed by atoms with Crippen LogP contribution in [0.15, 0.2) is 0 Å². The first-order valence-electron chi connectivity index (χ1n) is 5.03. The predicted molar refractivity (Wildman–Crippen MR) is 58.0 cm³/mol. The maximum atomic E-state index is 5.49. The van der Waals surface area contributed by atoms with Gasteiger partial charge in [-0.1, -0.05) is 32.6 Å². The van der Waals surface area contributed by atoms with Crippen molar-refractivity contribution >= 4 is 12.6 Å². The number of hydrogen-bond donors (Lipinski definition) is 1. The fourth-order valence-electron chi connectivity index (χ4n) is 1.20. The normalized spacial score (nSPS) is 13.2. The van der Waals surface area contributed by atoms with Gasteiger partial charge in [0.2, 0.25) is 0 Å². The van der Waals surface area contributed by atoms with E-state index in [1.807, 2.05) is 0 Å². The van der Waals surface area contributed by atoms with Crippen LogP contribution in [-0.4, -0.2) is 18.5 Å². The zero-order valence-electron chi connectivity index (χ0n) is 8.38. The number of ether oxygens (including phenoxy) is 1. The average Bonchev–Trinajstić information content (AvgIpc) is 2.09. The van der Waals surface area contributed by atoms with Gasteiger partial charge >= 0.3 is 0 Å². The van der Waals surface area contributed by atoms with Crippen LogP contribution in [-0.2, 0) is 4.74 Å². The van der Waals surface area contributed by atoms with E-state index in [2.05, 4.69) is 26.5 Å². The fraction of sp³-hybridized carbons (Fsp3) is 1.00. The van der Waals surface area contributed by atoms with E-state index in [1.165, 1.54) is 32.1 Å². The van der Waals surface area contributed by atoms with Crippen LogP contribution in [0.1, 0.15) is 46.0 Å². The Hall–Kier alpha value is 0.310. The summed E-state index contributed by atoms with van der Waals surface area (Å²) in [5, 5.41) is 0. The van der Waals surface area contributed by atoms with Crippen LogP contribution < -0.4 is 0 Å². The van der Waals surface area contributed by atoms with Gasteiger partial charge in [-0.2, -0.15) is 12.6 Å². The minimum atomic E-state index is 0.425. The van der Waals surface area contributed by atoms with Gasteiger partial charge in [0.15, 0.2) is 0 Å². The van der Waals surface area contributed by atoms with Crippen LogP contribution in [0.5, 0.6) is 0 Å². The molecule has 1 atom stereocenters. The van der Waals surface area contributed by atoms with Crippen molar-refractivity contribution in [2.45, 2.75) is 52.1 Å². The lowest BCUT2D eigenvalue weighted by atomic mass is 10.1. The largest absolute Gasteiger partial charge is 0.378 e. The summed E-state index contributed by atoms with van der Waals surface area (Å²) in [6.07, 6.45) is 6.96. The van der Waals surface area contributed by atoms with Crippen LogP contribution in [0.25, 0.3) is 0 Å². The molecule has 0 aromatic rings. The molecule has 2 heteroatoms. The first kappa shape index (κ1) is 12.3. The molecular weight excluding hydrogens is 168 g/mol. The van der Waals surface area contributed by atoms with Gasteiger partial charge in [0.1, 0.15) is 0 Å². The highest BCUT2D eigenvalue weighted by atomic mass is 32.1. The maximum absolute atomic E-state index is 5.49. The quantitative estimate of drug-likeness (QED) is 0.456. The monoisotopic (exact) mass is 190 g/mol. The minimum absolute atomic E-state index is 0.425. The van der Waals surface area contributed by atoms with E-state index in [0.29, 0.717) is 6.10 Å². The predicted octanol–water partition coefficient (Wildman–Crippen LogP) is 3.29. The Kier molecular flexibility index (Phi) is 9.64. The minimum Gasteiger partial charge on any atom is -0.378 e. The Bertz CT molecular complexity index is 85.9. The van der Waals surface area contributed by atoms with Crippen molar-refractivity contribution < 1.29 is 4.74 Å². The third-order valence-corrected chi connectivity index (χ3v) is 2.14. The van der Waals surface area contributed by atoms with Crippen LogP contribution >= 0.6 is 12.6 Å². The van der Waals surface area contributed by atoms with Gasteiger partial charge in [0.25, 0.3) is 0 Å². The van der Waals surface area contributed by atoms with Gasteiger partial charge in [-0.15, -0.1) is 0 Å². The van der Waals surface area contributed by atoms with E-state index in [1.54, 1.807) is 0 Å². The van der Waals surface area contributed by atoms with Crippen molar-refractivity contribution in [3.8, 4) is 0 Å². The van der Waals surface area contributed by atoms with E-state index in [4.69, 9.17) is 4.74 Å². The Morgan fingerprint density at radius 3 is 2.58 bits per heavy atom. The van der Waals surface area contributed by atoms with Crippen LogP contribution in [0.3, 0.4) is 0 Å². The Morgan fingerprint density at radius 1 is 1.25 bits per heavy atom. The summed E-state index contributed by atoms with van der Waals surface area (Å²) in [5.41, 5.74) is 0. The van der Waals surface area contributed by atoms with E-state index >= 15 is 0 Å². The molecule has 0 radical (unpaired) electrons. The van der Waals surface area contributed by atoms with Crippen molar-refractivity contribution in [3.05, 3.63) is 0 Å². The molecule has 0 spiro atoms. The molecule has 1 nitrogen and oxygen atoms in total. The number of thiol groups is 1. The highest BCUT2D eigenvalue weighted by Gasteiger charge is 1.99. The lowest BCUT2D eigenvalue weighted by molar-refractivity contribution is 0.0704. The van der Waals surface area contributed by atoms with Gasteiger partial charge < -0.3 is 4.74 Å². The molecule has 0 aromatic heterocycles. The summed E-state index contributed by atoms with van der Waals surface area (Å²) in [5.74, 6) is 0.833. The average molecular weight is 190 g/mol. The first-order valence-corrected chi connectivity index (χ1v) is 5.67. The molecular formula is C10H22OS. The molecule has 0 heterocycles. The lowest BCUT2D eigenvalue weighted by Gasteiger charge is -2.11. The summed E-state index contributed by atoms with van der Waals surface area (Å²) >= 11 is 4.09. The highest BCUT2D eigenvalue weighted by Crippen LogP contribution is 2.07. The summed E-state index contributed by atoms with van der Waals surface area (Å²) < 4.78 is 5.49. The second kappa shape index (κ2) is 9.40. The second-order valence-electron chi connectivity index (χ2n) is 3.25. The summed E-state index contributed by atoms with van der Waals surface area (Å²) in [6.45, 7) is 5.17. The standard InChI is InChI=1S/C10H22OS/c1-3-4-5-6-7-10(2)11-8-9-12/h10,12H,3-9H2,1-2H3. The number of hydrogen-bond acceptors (Lipinski definition) is 2. The molecule has 0 aliphatic carbocycles. The molecule has 12 heavy (non-hydrogen) atoms. The SMILES string of the molecule is CCCCCCC(C)OCCS. The Morgan fingerprint density at radius 2 is 2.00 bits per heavy atom. The van der Waals surface area contributed by atoms with Crippen molar-refractivity contribution in [1.29, 1.82) is 0 Å². The Labute approximate surface area is 82.3 Å². The van der Waals surface area contributed by atoms with Gasteiger partial charge in [0.05, 0.1) is 12.7 Å². The van der Waals surface area contributed by atoms with Gasteiger partial charge in [0, 0.05) is 5.75 Å². The molecule has 0 aliphatic rings. The summed E-state index contributed by atoms with van der Waals surface area (Å²) in [4.78, 5) is 0. The van der Waals surface area contributed by atoms with E-state index in [9.17, 15) is 0 Å². The van der Waals surface area contributed by atoms with Crippen LogP contribution in [0.2, 0.25) is 0 Å². The Balaban J connectivity index is 3.02.